The van der Waals surface area contributed by atoms with Gasteiger partial charge in [0.1, 0.15) is 4.90 Å². The highest BCUT2D eigenvalue weighted by Crippen LogP contribution is 2.26. The van der Waals surface area contributed by atoms with Crippen molar-refractivity contribution in [3.63, 3.8) is 0 Å². The molecule has 0 heterocycles. The lowest BCUT2D eigenvalue weighted by atomic mass is 10.0. The predicted molar refractivity (Wildman–Crippen MR) is 81.1 cm³/mol. The van der Waals surface area contributed by atoms with E-state index in [1.807, 2.05) is 13.8 Å². The van der Waals surface area contributed by atoms with Crippen molar-refractivity contribution in [1.82, 2.24) is 4.72 Å². The van der Waals surface area contributed by atoms with Crippen molar-refractivity contribution in [3.05, 3.63) is 18.2 Å². The van der Waals surface area contributed by atoms with Crippen LogP contribution >= 0.6 is 0 Å². The number of anilines is 2. The number of sulfonamides is 1. The van der Waals surface area contributed by atoms with Crippen LogP contribution in [0, 0.1) is 5.92 Å². The molecule has 0 spiro atoms. The molecule has 0 bridgehead atoms. The summed E-state index contributed by atoms with van der Waals surface area (Å²) in [6, 6.07) is 4.69. The predicted octanol–water partition coefficient (Wildman–Crippen LogP) is 0.996. The molecule has 0 radical (unpaired) electrons. The molecule has 0 aliphatic carbocycles. The third-order valence-corrected chi connectivity index (χ3v) is 4.60. The monoisotopic (exact) mass is 301 g/mol. The van der Waals surface area contributed by atoms with Gasteiger partial charge in [0.05, 0.1) is 5.69 Å². The highest BCUT2D eigenvalue weighted by molar-refractivity contribution is 7.89. The van der Waals surface area contributed by atoms with Crippen LogP contribution in [0.5, 0.6) is 0 Å². The van der Waals surface area contributed by atoms with E-state index in [9.17, 15) is 8.42 Å². The van der Waals surface area contributed by atoms with Crippen LogP contribution in [0.1, 0.15) is 20.3 Å². The molecule has 7 heteroatoms. The Hall–Kier alpha value is -1.31. The normalized spacial score (nSPS) is 13.4. The maximum absolute atomic E-state index is 12.0. The van der Waals surface area contributed by atoms with Crippen LogP contribution in [0.25, 0.3) is 0 Å². The second-order valence-corrected chi connectivity index (χ2v) is 6.83. The average molecular weight is 301 g/mol. The molecule has 6 nitrogen and oxygen atoms in total. The number of nitrogens with two attached hydrogens (primary N) is 1. The molecule has 1 unspecified atom stereocenters. The SMILES string of the molecule is CNS(=O)(=O)c1cc(N)ccc1NC(CCO)C(C)C. The minimum atomic E-state index is -3.59. The van der Waals surface area contributed by atoms with E-state index >= 15 is 0 Å². The summed E-state index contributed by atoms with van der Waals surface area (Å²) < 4.78 is 26.3. The molecule has 0 amide bonds. The van der Waals surface area contributed by atoms with Crippen molar-refractivity contribution in [2.75, 3.05) is 24.7 Å². The lowest BCUT2D eigenvalue weighted by molar-refractivity contribution is 0.267. The summed E-state index contributed by atoms with van der Waals surface area (Å²) in [5.41, 5.74) is 6.54. The highest BCUT2D eigenvalue weighted by Gasteiger charge is 2.20. The van der Waals surface area contributed by atoms with Gasteiger partial charge in [-0.25, -0.2) is 13.1 Å². The summed E-state index contributed by atoms with van der Waals surface area (Å²) in [5, 5.41) is 12.3. The van der Waals surface area contributed by atoms with Gasteiger partial charge in [-0.05, 0) is 37.6 Å². The van der Waals surface area contributed by atoms with Gasteiger partial charge in [-0.1, -0.05) is 13.8 Å². The summed E-state index contributed by atoms with van der Waals surface area (Å²) >= 11 is 0. The van der Waals surface area contributed by atoms with Gasteiger partial charge in [-0.15, -0.1) is 0 Å². The number of aliphatic hydroxyl groups excluding tert-OH is 1. The van der Waals surface area contributed by atoms with Crippen LogP contribution in [0.4, 0.5) is 11.4 Å². The van der Waals surface area contributed by atoms with Crippen molar-refractivity contribution in [1.29, 1.82) is 0 Å². The molecule has 1 rings (SSSR count). The van der Waals surface area contributed by atoms with Crippen LogP contribution < -0.4 is 15.8 Å². The fraction of sp³-hybridized carbons (Fsp3) is 0.538. The molecule has 5 N–H and O–H groups in total. The fourth-order valence-electron chi connectivity index (χ4n) is 1.90. The zero-order chi connectivity index (χ0) is 15.3. The number of rotatable bonds is 7. The first-order valence-electron chi connectivity index (χ1n) is 6.52. The summed E-state index contributed by atoms with van der Waals surface area (Å²) in [4.78, 5) is 0.114. The maximum atomic E-state index is 12.0. The Morgan fingerprint density at radius 3 is 2.50 bits per heavy atom. The van der Waals surface area contributed by atoms with Gasteiger partial charge in [-0.2, -0.15) is 0 Å². The average Bonchev–Trinajstić information content (AvgIpc) is 2.39. The first-order chi connectivity index (χ1) is 9.31. The van der Waals surface area contributed by atoms with Gasteiger partial charge in [0.2, 0.25) is 10.0 Å². The minimum Gasteiger partial charge on any atom is -0.399 e. The van der Waals surface area contributed by atoms with E-state index in [0.717, 1.165) is 0 Å². The van der Waals surface area contributed by atoms with Crippen molar-refractivity contribution in [2.45, 2.75) is 31.2 Å². The Labute approximate surface area is 120 Å². The third-order valence-electron chi connectivity index (χ3n) is 3.15. The van der Waals surface area contributed by atoms with Gasteiger partial charge in [0, 0.05) is 18.3 Å². The van der Waals surface area contributed by atoms with Crippen LogP contribution in [-0.4, -0.2) is 33.2 Å². The Morgan fingerprint density at radius 1 is 1.35 bits per heavy atom. The minimum absolute atomic E-state index is 0.0190. The van der Waals surface area contributed by atoms with Crippen LogP contribution in [0.15, 0.2) is 23.1 Å². The molecule has 20 heavy (non-hydrogen) atoms. The van der Waals surface area contributed by atoms with E-state index < -0.39 is 10.0 Å². The number of hydrogen-bond acceptors (Lipinski definition) is 5. The Morgan fingerprint density at radius 2 is 2.00 bits per heavy atom. The van der Waals surface area contributed by atoms with Crippen LogP contribution in [0.3, 0.4) is 0 Å². The summed E-state index contributed by atoms with van der Waals surface area (Å²) in [7, 11) is -2.24. The molecule has 0 saturated heterocycles. The van der Waals surface area contributed by atoms with E-state index in [0.29, 0.717) is 17.8 Å². The lowest BCUT2D eigenvalue weighted by Gasteiger charge is -2.24. The van der Waals surface area contributed by atoms with Gasteiger partial charge < -0.3 is 16.2 Å². The Kier molecular flexibility index (Phi) is 5.79. The van der Waals surface area contributed by atoms with Crippen LogP contribution in [-0.2, 0) is 10.0 Å². The fourth-order valence-corrected chi connectivity index (χ4v) is 2.83. The number of hydrogen-bond donors (Lipinski definition) is 4. The van der Waals surface area contributed by atoms with E-state index in [2.05, 4.69) is 10.0 Å². The standard InChI is InChI=1S/C13H23N3O3S/c1-9(2)11(6-7-17)16-12-5-4-10(14)8-13(12)20(18,19)15-3/h4-5,8-9,11,15-17H,6-7,14H2,1-3H3. The zero-order valence-corrected chi connectivity index (χ0v) is 12.9. The molecule has 1 aromatic carbocycles. The lowest BCUT2D eigenvalue weighted by Crippen LogP contribution is -2.29. The third kappa shape index (κ3) is 4.09. The summed E-state index contributed by atoms with van der Waals surface area (Å²) in [6.07, 6.45) is 0.543. The topological polar surface area (TPSA) is 104 Å². The largest absolute Gasteiger partial charge is 0.399 e. The second kappa shape index (κ2) is 6.92. The molecule has 114 valence electrons. The number of nitrogens with one attached hydrogen (secondary N) is 2. The van der Waals surface area contributed by atoms with Crippen molar-refractivity contribution >= 4 is 21.4 Å². The number of nitrogen functional groups attached to an aromatic ring is 1. The van der Waals surface area contributed by atoms with Crippen molar-refractivity contribution in [2.24, 2.45) is 5.92 Å². The first-order valence-corrected chi connectivity index (χ1v) is 8.00. The van der Waals surface area contributed by atoms with Crippen LogP contribution in [0.2, 0.25) is 0 Å². The van der Waals surface area contributed by atoms with E-state index in [-0.39, 0.29) is 23.5 Å². The highest BCUT2D eigenvalue weighted by atomic mass is 32.2. The molecule has 0 aliphatic rings. The molecule has 0 fully saturated rings. The zero-order valence-electron chi connectivity index (χ0n) is 12.1. The van der Waals surface area contributed by atoms with E-state index in [1.54, 1.807) is 12.1 Å². The summed E-state index contributed by atoms with van der Waals surface area (Å²) in [6.45, 7) is 4.06. The second-order valence-electron chi connectivity index (χ2n) is 4.97. The number of benzene rings is 1. The molecule has 0 saturated carbocycles. The Balaban J connectivity index is 3.18. The Bertz CT molecular complexity index is 544. The molecule has 1 aromatic rings. The summed E-state index contributed by atoms with van der Waals surface area (Å²) in [5.74, 6) is 0.254. The van der Waals surface area contributed by atoms with Gasteiger partial charge in [0.15, 0.2) is 0 Å². The van der Waals surface area contributed by atoms with Crippen molar-refractivity contribution < 1.29 is 13.5 Å². The van der Waals surface area contributed by atoms with E-state index in [4.69, 9.17) is 10.8 Å². The molecular weight excluding hydrogens is 278 g/mol. The molecule has 0 aliphatic heterocycles. The van der Waals surface area contributed by atoms with Gasteiger partial charge >= 0.3 is 0 Å². The van der Waals surface area contributed by atoms with Gasteiger partial charge in [-0.3, -0.25) is 0 Å². The quantitative estimate of drug-likeness (QED) is 0.562. The van der Waals surface area contributed by atoms with Gasteiger partial charge in [0.25, 0.3) is 0 Å². The smallest absolute Gasteiger partial charge is 0.242 e. The van der Waals surface area contributed by atoms with E-state index in [1.165, 1.54) is 13.1 Å². The van der Waals surface area contributed by atoms with Crippen molar-refractivity contribution in [3.8, 4) is 0 Å². The first kappa shape index (κ1) is 16.7. The number of aliphatic hydroxyl groups is 1. The molecule has 1 atom stereocenters. The molecule has 0 aromatic heterocycles. The molecular formula is C13H23N3O3S. The maximum Gasteiger partial charge on any atom is 0.242 e.